The molecule has 2 nitrogen and oxygen atoms in total. The second-order valence-corrected chi connectivity index (χ2v) is 3.94. The topological polar surface area (TPSA) is 15.3 Å². The highest BCUT2D eigenvalue weighted by molar-refractivity contribution is 5.50. The molecular weight excluding hydrogens is 217 g/mol. The fourth-order valence-corrected chi connectivity index (χ4v) is 2.04. The Morgan fingerprint density at radius 2 is 1.88 bits per heavy atom. The molecule has 1 heterocycles. The molecule has 1 aromatic carbocycles. The van der Waals surface area contributed by atoms with E-state index in [2.05, 4.69) is 5.32 Å². The fraction of sp³-hybridized carbons (Fsp3) is 0.455. The maximum Gasteiger partial charge on any atom is 0.152 e. The average Bonchev–Trinajstić information content (AvgIpc) is 2.64. The van der Waals surface area contributed by atoms with Crippen molar-refractivity contribution in [2.75, 3.05) is 25.0 Å². The summed E-state index contributed by atoms with van der Waals surface area (Å²) in [6.45, 7) is 1.11. The molecular formula is C11H13F3N2. The van der Waals surface area contributed by atoms with E-state index in [0.29, 0.717) is 25.2 Å². The van der Waals surface area contributed by atoms with Crippen molar-refractivity contribution in [1.29, 1.82) is 0 Å². The minimum atomic E-state index is -0.886. The Labute approximate surface area is 92.1 Å². The van der Waals surface area contributed by atoms with Crippen LogP contribution in [0, 0.1) is 17.5 Å². The lowest BCUT2D eigenvalue weighted by atomic mass is 10.2. The van der Waals surface area contributed by atoms with Gasteiger partial charge in [0, 0.05) is 31.3 Å². The molecule has 88 valence electrons. The monoisotopic (exact) mass is 230 g/mol. The highest BCUT2D eigenvalue weighted by Crippen LogP contribution is 2.27. The summed E-state index contributed by atoms with van der Waals surface area (Å²) in [7, 11) is 1.81. The summed E-state index contributed by atoms with van der Waals surface area (Å²) in [5.74, 6) is -2.56. The van der Waals surface area contributed by atoms with E-state index in [1.807, 2.05) is 7.05 Å². The Morgan fingerprint density at radius 1 is 1.25 bits per heavy atom. The van der Waals surface area contributed by atoms with E-state index in [-0.39, 0.29) is 11.7 Å². The maximum absolute atomic E-state index is 13.5. The van der Waals surface area contributed by atoms with Crippen LogP contribution in [0.3, 0.4) is 0 Å². The highest BCUT2D eigenvalue weighted by atomic mass is 19.1. The number of hydrogen-bond acceptors (Lipinski definition) is 2. The number of likely N-dealkylation sites (N-methyl/N-ethyl adjacent to an activating group) is 1. The quantitative estimate of drug-likeness (QED) is 0.834. The second kappa shape index (κ2) is 4.33. The molecule has 2 rings (SSSR count). The molecule has 1 aromatic rings. The van der Waals surface area contributed by atoms with Gasteiger partial charge in [-0.15, -0.1) is 0 Å². The first-order valence-electron chi connectivity index (χ1n) is 5.18. The van der Waals surface area contributed by atoms with Crippen LogP contribution in [-0.2, 0) is 0 Å². The third kappa shape index (κ3) is 2.00. The first kappa shape index (κ1) is 11.3. The summed E-state index contributed by atoms with van der Waals surface area (Å²) in [5.41, 5.74) is -0.126. The van der Waals surface area contributed by atoms with Crippen LogP contribution in [0.2, 0.25) is 0 Å². The number of hydrogen-bond donors (Lipinski definition) is 1. The molecule has 0 bridgehead atoms. The minimum absolute atomic E-state index is 0.126. The maximum atomic E-state index is 13.5. The van der Waals surface area contributed by atoms with Gasteiger partial charge in [-0.25, -0.2) is 13.2 Å². The van der Waals surface area contributed by atoms with E-state index in [1.54, 1.807) is 4.90 Å². The van der Waals surface area contributed by atoms with Crippen LogP contribution < -0.4 is 10.2 Å². The number of halogens is 3. The second-order valence-electron chi connectivity index (χ2n) is 3.94. The molecule has 1 saturated heterocycles. The Kier molecular flexibility index (Phi) is 3.05. The number of nitrogens with one attached hydrogen (secondary N) is 1. The molecule has 16 heavy (non-hydrogen) atoms. The summed E-state index contributed by atoms with van der Waals surface area (Å²) < 4.78 is 39.6. The largest absolute Gasteiger partial charge is 0.365 e. The fourth-order valence-electron chi connectivity index (χ4n) is 2.04. The van der Waals surface area contributed by atoms with Gasteiger partial charge in [0.2, 0.25) is 0 Å². The molecule has 1 unspecified atom stereocenters. The summed E-state index contributed by atoms with van der Waals surface area (Å²) in [4.78, 5) is 1.60. The molecule has 0 radical (unpaired) electrons. The van der Waals surface area contributed by atoms with Gasteiger partial charge in [0.15, 0.2) is 11.6 Å². The molecule has 1 N–H and O–H groups in total. The first-order valence-corrected chi connectivity index (χ1v) is 5.18. The summed E-state index contributed by atoms with van der Waals surface area (Å²) >= 11 is 0. The number of rotatable bonds is 2. The van der Waals surface area contributed by atoms with Crippen molar-refractivity contribution in [3.8, 4) is 0 Å². The number of benzene rings is 1. The van der Waals surface area contributed by atoms with Crippen molar-refractivity contribution in [2.45, 2.75) is 12.5 Å². The van der Waals surface area contributed by atoms with Crippen LogP contribution in [0.5, 0.6) is 0 Å². The lowest BCUT2D eigenvalue weighted by Gasteiger charge is -2.19. The Hall–Kier alpha value is -1.23. The molecule has 1 aliphatic heterocycles. The molecule has 1 aliphatic rings. The lowest BCUT2D eigenvalue weighted by molar-refractivity contribution is 0.539. The van der Waals surface area contributed by atoms with Crippen LogP contribution in [0.1, 0.15) is 6.42 Å². The average molecular weight is 230 g/mol. The SMILES string of the molecule is CNC1CCN(c2c(F)cc(F)cc2F)C1. The summed E-state index contributed by atoms with van der Waals surface area (Å²) in [6, 6.07) is 1.65. The zero-order valence-corrected chi connectivity index (χ0v) is 8.93. The molecule has 1 fully saturated rings. The van der Waals surface area contributed by atoms with Crippen LogP contribution in [-0.4, -0.2) is 26.2 Å². The van der Waals surface area contributed by atoms with Crippen molar-refractivity contribution in [2.24, 2.45) is 0 Å². The van der Waals surface area contributed by atoms with Crippen molar-refractivity contribution in [3.05, 3.63) is 29.6 Å². The van der Waals surface area contributed by atoms with E-state index in [1.165, 1.54) is 0 Å². The third-order valence-corrected chi connectivity index (χ3v) is 2.89. The highest BCUT2D eigenvalue weighted by Gasteiger charge is 2.26. The van der Waals surface area contributed by atoms with Gasteiger partial charge in [-0.1, -0.05) is 0 Å². The van der Waals surface area contributed by atoms with Gasteiger partial charge in [0.25, 0.3) is 0 Å². The molecule has 0 saturated carbocycles. The summed E-state index contributed by atoms with van der Waals surface area (Å²) in [6.07, 6.45) is 0.826. The van der Waals surface area contributed by atoms with Crippen molar-refractivity contribution >= 4 is 5.69 Å². The van der Waals surface area contributed by atoms with Crippen LogP contribution in [0.25, 0.3) is 0 Å². The van der Waals surface area contributed by atoms with Gasteiger partial charge >= 0.3 is 0 Å². The van der Waals surface area contributed by atoms with Gasteiger partial charge in [-0.05, 0) is 13.5 Å². The standard InChI is InChI=1S/C11H13F3N2/c1-15-8-2-3-16(6-8)11-9(13)4-7(12)5-10(11)14/h4-5,8,15H,2-3,6H2,1H3. The van der Waals surface area contributed by atoms with E-state index in [4.69, 9.17) is 0 Å². The molecule has 0 aromatic heterocycles. The van der Waals surface area contributed by atoms with Gasteiger partial charge in [-0.3, -0.25) is 0 Å². The molecule has 0 aliphatic carbocycles. The van der Waals surface area contributed by atoms with Crippen LogP contribution in [0.4, 0.5) is 18.9 Å². The van der Waals surface area contributed by atoms with Gasteiger partial charge < -0.3 is 10.2 Å². The first-order chi connectivity index (χ1) is 7.61. The van der Waals surface area contributed by atoms with Gasteiger partial charge in [0.1, 0.15) is 11.5 Å². The number of anilines is 1. The van der Waals surface area contributed by atoms with E-state index in [0.717, 1.165) is 6.42 Å². The minimum Gasteiger partial charge on any atom is -0.365 e. The Morgan fingerprint density at radius 3 is 2.38 bits per heavy atom. The van der Waals surface area contributed by atoms with Crippen LogP contribution in [0.15, 0.2) is 12.1 Å². The predicted octanol–water partition coefficient (Wildman–Crippen LogP) is 1.90. The van der Waals surface area contributed by atoms with Crippen LogP contribution >= 0.6 is 0 Å². The zero-order chi connectivity index (χ0) is 11.7. The normalized spacial score (nSPS) is 20.5. The molecule has 0 amide bonds. The molecule has 1 atom stereocenters. The summed E-state index contributed by atoms with van der Waals surface area (Å²) in [5, 5.41) is 3.05. The smallest absolute Gasteiger partial charge is 0.152 e. The number of nitrogens with zero attached hydrogens (tertiary/aromatic N) is 1. The Balaban J connectivity index is 2.28. The van der Waals surface area contributed by atoms with Crippen molar-refractivity contribution in [1.82, 2.24) is 5.32 Å². The van der Waals surface area contributed by atoms with Crippen molar-refractivity contribution < 1.29 is 13.2 Å². The van der Waals surface area contributed by atoms with Gasteiger partial charge in [-0.2, -0.15) is 0 Å². The molecule has 0 spiro atoms. The predicted molar refractivity (Wildman–Crippen MR) is 56.0 cm³/mol. The Bertz CT molecular complexity index is 372. The lowest BCUT2D eigenvalue weighted by Crippen LogP contribution is -2.30. The zero-order valence-electron chi connectivity index (χ0n) is 8.93. The van der Waals surface area contributed by atoms with Gasteiger partial charge in [0.05, 0.1) is 0 Å². The van der Waals surface area contributed by atoms with Crippen molar-refractivity contribution in [3.63, 3.8) is 0 Å². The molecule has 5 heteroatoms. The van der Waals surface area contributed by atoms with E-state index in [9.17, 15) is 13.2 Å². The van der Waals surface area contributed by atoms with E-state index < -0.39 is 17.5 Å². The third-order valence-electron chi connectivity index (χ3n) is 2.89. The van der Waals surface area contributed by atoms with E-state index >= 15 is 0 Å².